The Bertz CT molecular complexity index is 1400. The molecule has 176 valence electrons. The van der Waals surface area contributed by atoms with Gasteiger partial charge in [-0.3, -0.25) is 9.52 Å². The molecule has 0 saturated carbocycles. The van der Waals surface area contributed by atoms with Crippen molar-refractivity contribution in [2.75, 3.05) is 18.9 Å². The Hall–Kier alpha value is -3.43. The first-order valence-electron chi connectivity index (χ1n) is 10.7. The van der Waals surface area contributed by atoms with Gasteiger partial charge in [0, 0.05) is 18.3 Å². The van der Waals surface area contributed by atoms with Crippen molar-refractivity contribution in [1.82, 2.24) is 9.88 Å². The number of nitrogens with zero attached hydrogens (tertiary/aromatic N) is 2. The van der Waals surface area contributed by atoms with Crippen molar-refractivity contribution in [3.8, 4) is 5.75 Å². The smallest absolute Gasteiger partial charge is 0.265 e. The van der Waals surface area contributed by atoms with Gasteiger partial charge in [-0.25, -0.2) is 13.4 Å². The third-order valence-electron chi connectivity index (χ3n) is 5.37. The molecule has 0 spiro atoms. The first kappa shape index (κ1) is 23.7. The molecule has 4 aromatic rings. The SMILES string of the molecule is CCc1ccc(NS(=O)(=O)c2cc(C(=O)N(C)Cc3nc4ccccc4s3)ccc2OC)cc1. The maximum absolute atomic E-state index is 13.1. The molecule has 34 heavy (non-hydrogen) atoms. The van der Waals surface area contributed by atoms with Gasteiger partial charge < -0.3 is 9.64 Å². The summed E-state index contributed by atoms with van der Waals surface area (Å²) in [6.07, 6.45) is 0.857. The highest BCUT2D eigenvalue weighted by Gasteiger charge is 2.23. The van der Waals surface area contributed by atoms with Crippen LogP contribution in [0.15, 0.2) is 71.6 Å². The Morgan fingerprint density at radius 1 is 1.09 bits per heavy atom. The number of carbonyl (C=O) groups excluding carboxylic acids is 1. The zero-order valence-corrected chi connectivity index (χ0v) is 20.7. The summed E-state index contributed by atoms with van der Waals surface area (Å²) in [5.74, 6) is -0.159. The number of hydrogen-bond acceptors (Lipinski definition) is 6. The van der Waals surface area contributed by atoms with E-state index in [2.05, 4.69) is 9.71 Å². The summed E-state index contributed by atoms with van der Waals surface area (Å²) < 4.78 is 35.2. The average Bonchev–Trinajstić information content (AvgIpc) is 3.25. The van der Waals surface area contributed by atoms with E-state index in [1.165, 1.54) is 35.5 Å². The average molecular weight is 496 g/mol. The Morgan fingerprint density at radius 2 is 1.82 bits per heavy atom. The molecule has 1 amide bonds. The molecule has 1 N–H and O–H groups in total. The molecule has 0 aliphatic rings. The molecule has 4 rings (SSSR count). The molecule has 0 unspecified atom stereocenters. The summed E-state index contributed by atoms with van der Waals surface area (Å²) in [5, 5.41) is 0.801. The van der Waals surface area contributed by atoms with Crippen molar-refractivity contribution in [3.63, 3.8) is 0 Å². The molecule has 0 aliphatic heterocycles. The highest BCUT2D eigenvalue weighted by atomic mass is 32.2. The van der Waals surface area contributed by atoms with E-state index in [4.69, 9.17) is 4.74 Å². The summed E-state index contributed by atoms with van der Waals surface area (Å²) in [6.45, 7) is 2.34. The summed E-state index contributed by atoms with van der Waals surface area (Å²) in [4.78, 5) is 19.1. The van der Waals surface area contributed by atoms with Crippen LogP contribution in [0.4, 0.5) is 5.69 Å². The van der Waals surface area contributed by atoms with Crippen molar-refractivity contribution >= 4 is 43.2 Å². The van der Waals surface area contributed by atoms with E-state index in [0.717, 1.165) is 27.2 Å². The van der Waals surface area contributed by atoms with Gasteiger partial charge in [0.15, 0.2) is 0 Å². The lowest BCUT2D eigenvalue weighted by Gasteiger charge is -2.17. The van der Waals surface area contributed by atoms with Crippen LogP contribution in [0.2, 0.25) is 0 Å². The topological polar surface area (TPSA) is 88.6 Å². The maximum atomic E-state index is 13.1. The predicted molar refractivity (Wildman–Crippen MR) is 135 cm³/mol. The third kappa shape index (κ3) is 5.05. The molecule has 3 aromatic carbocycles. The number of ether oxygens (including phenoxy) is 1. The lowest BCUT2D eigenvalue weighted by molar-refractivity contribution is 0.0784. The molecule has 1 aromatic heterocycles. The van der Waals surface area contributed by atoms with Crippen molar-refractivity contribution in [2.45, 2.75) is 24.8 Å². The zero-order chi connectivity index (χ0) is 24.3. The van der Waals surface area contributed by atoms with Gasteiger partial charge in [0.25, 0.3) is 15.9 Å². The van der Waals surface area contributed by atoms with E-state index in [-0.39, 0.29) is 22.1 Å². The van der Waals surface area contributed by atoms with Gasteiger partial charge >= 0.3 is 0 Å². The number of aromatic nitrogens is 1. The van der Waals surface area contributed by atoms with Crippen LogP contribution in [0, 0.1) is 0 Å². The number of para-hydroxylation sites is 1. The number of benzene rings is 3. The van der Waals surface area contributed by atoms with Crippen LogP contribution in [0.3, 0.4) is 0 Å². The number of aryl methyl sites for hydroxylation is 1. The molecule has 1 heterocycles. The standard InChI is InChI=1S/C25H25N3O4S2/c1-4-17-9-12-19(13-10-17)27-34(30,31)23-15-18(11-14-21(23)32-3)25(29)28(2)16-24-26-20-7-5-6-8-22(20)33-24/h5-15,27H,4,16H2,1-3H3. The van der Waals surface area contributed by atoms with Gasteiger partial charge in [0.1, 0.15) is 15.7 Å². The summed E-state index contributed by atoms with van der Waals surface area (Å²) in [7, 11) is -0.929. The zero-order valence-electron chi connectivity index (χ0n) is 19.1. The second-order valence-corrected chi connectivity index (χ2v) is 10.5. The fraction of sp³-hybridized carbons (Fsp3) is 0.200. The monoisotopic (exact) mass is 495 g/mol. The van der Waals surface area contributed by atoms with Crippen LogP contribution in [-0.4, -0.2) is 38.4 Å². The number of nitrogens with one attached hydrogen (secondary N) is 1. The van der Waals surface area contributed by atoms with Crippen LogP contribution < -0.4 is 9.46 Å². The molecule has 0 fully saturated rings. The molecule has 0 saturated heterocycles. The molecule has 0 bridgehead atoms. The van der Waals surface area contributed by atoms with E-state index in [1.807, 2.05) is 43.3 Å². The fourth-order valence-electron chi connectivity index (χ4n) is 3.52. The van der Waals surface area contributed by atoms with E-state index < -0.39 is 10.0 Å². The summed E-state index contributed by atoms with van der Waals surface area (Å²) in [5.41, 5.74) is 2.67. The van der Waals surface area contributed by atoms with Crippen LogP contribution in [0.25, 0.3) is 10.2 Å². The van der Waals surface area contributed by atoms with Gasteiger partial charge in [-0.15, -0.1) is 11.3 Å². The number of carbonyl (C=O) groups is 1. The van der Waals surface area contributed by atoms with Crippen LogP contribution in [0.1, 0.15) is 27.9 Å². The van der Waals surface area contributed by atoms with Crippen LogP contribution >= 0.6 is 11.3 Å². The number of rotatable bonds is 8. The first-order valence-corrected chi connectivity index (χ1v) is 13.0. The maximum Gasteiger partial charge on any atom is 0.265 e. The number of thiazole rings is 1. The summed E-state index contributed by atoms with van der Waals surface area (Å²) in [6, 6.07) is 19.3. The predicted octanol–water partition coefficient (Wildman–Crippen LogP) is 4.94. The highest BCUT2D eigenvalue weighted by Crippen LogP contribution is 2.28. The lowest BCUT2D eigenvalue weighted by Crippen LogP contribution is -2.26. The minimum Gasteiger partial charge on any atom is -0.495 e. The van der Waals surface area contributed by atoms with Gasteiger partial charge in [-0.2, -0.15) is 0 Å². The molecule has 7 nitrogen and oxygen atoms in total. The van der Waals surface area contributed by atoms with Crippen molar-refractivity contribution in [1.29, 1.82) is 0 Å². The molecular formula is C25H25N3O4S2. The Morgan fingerprint density at radius 3 is 2.50 bits per heavy atom. The fourth-order valence-corrected chi connectivity index (χ4v) is 5.80. The summed E-state index contributed by atoms with van der Waals surface area (Å²) >= 11 is 1.52. The van der Waals surface area contributed by atoms with Crippen molar-refractivity contribution in [2.24, 2.45) is 0 Å². The minimum absolute atomic E-state index is 0.103. The number of amides is 1. The van der Waals surface area contributed by atoms with E-state index in [0.29, 0.717) is 12.2 Å². The van der Waals surface area contributed by atoms with Gasteiger partial charge in [-0.05, 0) is 54.4 Å². The van der Waals surface area contributed by atoms with Gasteiger partial charge in [0.2, 0.25) is 0 Å². The molecule has 0 atom stereocenters. The third-order valence-corrected chi connectivity index (χ3v) is 7.80. The molecule has 0 aliphatic carbocycles. The number of sulfonamides is 1. The second-order valence-electron chi connectivity index (χ2n) is 7.76. The largest absolute Gasteiger partial charge is 0.495 e. The Kier molecular flexibility index (Phi) is 6.85. The van der Waals surface area contributed by atoms with Crippen molar-refractivity contribution in [3.05, 3.63) is 82.9 Å². The Balaban J connectivity index is 1.58. The molecule has 9 heteroatoms. The highest BCUT2D eigenvalue weighted by molar-refractivity contribution is 7.92. The van der Waals surface area contributed by atoms with Crippen LogP contribution in [-0.2, 0) is 23.0 Å². The second kappa shape index (κ2) is 9.82. The van der Waals surface area contributed by atoms with Crippen LogP contribution in [0.5, 0.6) is 5.75 Å². The molecular weight excluding hydrogens is 470 g/mol. The van der Waals surface area contributed by atoms with E-state index in [1.54, 1.807) is 25.2 Å². The number of hydrogen-bond donors (Lipinski definition) is 1. The van der Waals surface area contributed by atoms with Crippen molar-refractivity contribution < 1.29 is 17.9 Å². The minimum atomic E-state index is -3.99. The normalized spacial score (nSPS) is 11.4. The first-order chi connectivity index (χ1) is 16.3. The quantitative estimate of drug-likeness (QED) is 0.374. The molecule has 0 radical (unpaired) electrons. The lowest BCUT2D eigenvalue weighted by atomic mass is 10.2. The van der Waals surface area contributed by atoms with E-state index >= 15 is 0 Å². The van der Waals surface area contributed by atoms with Gasteiger partial charge in [-0.1, -0.05) is 31.2 Å². The number of methoxy groups -OCH3 is 1. The number of anilines is 1. The van der Waals surface area contributed by atoms with Gasteiger partial charge in [0.05, 0.1) is 23.9 Å². The number of fused-ring (bicyclic) bond motifs is 1. The Labute approximate surface area is 203 Å². The van der Waals surface area contributed by atoms with E-state index in [9.17, 15) is 13.2 Å².